The highest BCUT2D eigenvalue weighted by atomic mass is 32.2. The van der Waals surface area contributed by atoms with Gasteiger partial charge in [0.05, 0.1) is 0 Å². The molecular weight excluding hydrogens is 244 g/mol. The lowest BCUT2D eigenvalue weighted by Crippen LogP contribution is -2.37. The number of nitrogens with two attached hydrogens (primary N) is 1. The summed E-state index contributed by atoms with van der Waals surface area (Å²) in [6.07, 6.45) is 2.05. The maximum absolute atomic E-state index is 12.0. The highest BCUT2D eigenvalue weighted by Crippen LogP contribution is 2.16. The standard InChI is InChI=1S/C14H22N2OS/c1-11(2)14(17)16(9-8-15)10-12-4-6-13(18-3)7-5-12/h4-7,11H,8-10,15H2,1-3H3. The third-order valence-corrected chi connectivity index (χ3v) is 3.48. The largest absolute Gasteiger partial charge is 0.337 e. The Morgan fingerprint density at radius 1 is 1.33 bits per heavy atom. The first-order valence-corrected chi connectivity index (χ1v) is 7.42. The molecule has 0 atom stereocenters. The minimum Gasteiger partial charge on any atom is -0.337 e. The van der Waals surface area contributed by atoms with Crippen LogP contribution in [0.2, 0.25) is 0 Å². The fourth-order valence-corrected chi connectivity index (χ4v) is 2.15. The second-order valence-corrected chi connectivity index (χ2v) is 5.43. The quantitative estimate of drug-likeness (QED) is 0.804. The molecule has 0 aromatic heterocycles. The Labute approximate surface area is 114 Å². The molecule has 0 fully saturated rings. The SMILES string of the molecule is CSc1ccc(CN(CCN)C(=O)C(C)C)cc1. The van der Waals surface area contributed by atoms with E-state index in [1.54, 1.807) is 11.8 Å². The van der Waals surface area contributed by atoms with E-state index >= 15 is 0 Å². The summed E-state index contributed by atoms with van der Waals surface area (Å²) >= 11 is 1.72. The zero-order valence-electron chi connectivity index (χ0n) is 11.3. The van der Waals surface area contributed by atoms with E-state index in [4.69, 9.17) is 5.73 Å². The molecule has 18 heavy (non-hydrogen) atoms. The van der Waals surface area contributed by atoms with Crippen LogP contribution in [0, 0.1) is 5.92 Å². The van der Waals surface area contributed by atoms with Crippen LogP contribution in [0.25, 0.3) is 0 Å². The first-order valence-electron chi connectivity index (χ1n) is 6.20. The molecule has 4 heteroatoms. The summed E-state index contributed by atoms with van der Waals surface area (Å²) in [5, 5.41) is 0. The monoisotopic (exact) mass is 266 g/mol. The smallest absolute Gasteiger partial charge is 0.225 e. The van der Waals surface area contributed by atoms with Gasteiger partial charge in [0.15, 0.2) is 0 Å². The molecule has 1 aromatic rings. The number of rotatable bonds is 6. The zero-order chi connectivity index (χ0) is 13.5. The molecule has 0 radical (unpaired) electrons. The van der Waals surface area contributed by atoms with Crippen LogP contribution in [-0.2, 0) is 11.3 Å². The summed E-state index contributed by atoms with van der Waals surface area (Å²) in [4.78, 5) is 15.1. The number of hydrogen-bond donors (Lipinski definition) is 1. The van der Waals surface area contributed by atoms with Crippen LogP contribution in [0.4, 0.5) is 0 Å². The maximum Gasteiger partial charge on any atom is 0.225 e. The van der Waals surface area contributed by atoms with Crippen molar-refractivity contribution in [1.82, 2.24) is 4.90 Å². The summed E-state index contributed by atoms with van der Waals surface area (Å²) in [5.74, 6) is 0.177. The van der Waals surface area contributed by atoms with Crippen molar-refractivity contribution >= 4 is 17.7 Å². The van der Waals surface area contributed by atoms with Crippen molar-refractivity contribution in [1.29, 1.82) is 0 Å². The molecule has 0 bridgehead atoms. The molecule has 0 heterocycles. The molecule has 0 saturated carbocycles. The number of carbonyl (C=O) groups excluding carboxylic acids is 1. The summed E-state index contributed by atoms with van der Waals surface area (Å²) in [5.41, 5.74) is 6.72. The number of benzene rings is 1. The van der Waals surface area contributed by atoms with E-state index in [-0.39, 0.29) is 11.8 Å². The van der Waals surface area contributed by atoms with Crippen molar-refractivity contribution in [2.24, 2.45) is 11.7 Å². The molecule has 1 rings (SSSR count). The van der Waals surface area contributed by atoms with E-state index in [2.05, 4.69) is 30.5 Å². The lowest BCUT2D eigenvalue weighted by atomic mass is 10.1. The van der Waals surface area contributed by atoms with Crippen LogP contribution in [-0.4, -0.2) is 30.2 Å². The first-order chi connectivity index (χ1) is 8.58. The molecular formula is C14H22N2OS. The molecule has 1 amide bonds. The van der Waals surface area contributed by atoms with Crippen LogP contribution in [0.5, 0.6) is 0 Å². The summed E-state index contributed by atoms with van der Waals surface area (Å²) in [6, 6.07) is 8.31. The molecule has 0 unspecified atom stereocenters. The van der Waals surface area contributed by atoms with Crippen LogP contribution in [0.3, 0.4) is 0 Å². The molecule has 0 aliphatic rings. The normalized spacial score (nSPS) is 10.7. The number of carbonyl (C=O) groups is 1. The van der Waals surface area contributed by atoms with E-state index in [1.165, 1.54) is 4.90 Å². The van der Waals surface area contributed by atoms with Crippen LogP contribution >= 0.6 is 11.8 Å². The van der Waals surface area contributed by atoms with Gasteiger partial charge in [-0.1, -0.05) is 26.0 Å². The Morgan fingerprint density at radius 2 is 1.94 bits per heavy atom. The predicted octanol–water partition coefficient (Wildman–Crippen LogP) is 2.35. The highest BCUT2D eigenvalue weighted by molar-refractivity contribution is 7.98. The predicted molar refractivity (Wildman–Crippen MR) is 77.5 cm³/mol. The number of amides is 1. The van der Waals surface area contributed by atoms with Gasteiger partial charge >= 0.3 is 0 Å². The number of thioether (sulfide) groups is 1. The molecule has 1 aromatic carbocycles. The second-order valence-electron chi connectivity index (χ2n) is 4.55. The Morgan fingerprint density at radius 3 is 2.39 bits per heavy atom. The van der Waals surface area contributed by atoms with E-state index < -0.39 is 0 Å². The Balaban J connectivity index is 2.73. The van der Waals surface area contributed by atoms with E-state index in [0.29, 0.717) is 19.6 Å². The van der Waals surface area contributed by atoms with Gasteiger partial charge in [0, 0.05) is 30.4 Å². The Hall–Kier alpha value is -1.00. The zero-order valence-corrected chi connectivity index (χ0v) is 12.2. The summed E-state index contributed by atoms with van der Waals surface area (Å²) in [6.45, 7) is 5.59. The van der Waals surface area contributed by atoms with Crippen molar-refractivity contribution in [2.75, 3.05) is 19.3 Å². The fourth-order valence-electron chi connectivity index (χ4n) is 1.74. The van der Waals surface area contributed by atoms with Gasteiger partial charge in [-0.25, -0.2) is 0 Å². The molecule has 2 N–H and O–H groups in total. The van der Waals surface area contributed by atoms with Gasteiger partial charge in [-0.2, -0.15) is 0 Å². The summed E-state index contributed by atoms with van der Waals surface area (Å²) < 4.78 is 0. The highest BCUT2D eigenvalue weighted by Gasteiger charge is 2.16. The van der Waals surface area contributed by atoms with E-state index in [1.807, 2.05) is 18.7 Å². The lowest BCUT2D eigenvalue weighted by Gasteiger charge is -2.24. The van der Waals surface area contributed by atoms with Gasteiger partial charge in [-0.15, -0.1) is 11.8 Å². The third kappa shape index (κ3) is 4.35. The lowest BCUT2D eigenvalue weighted by molar-refractivity contribution is -0.134. The fraction of sp³-hybridized carbons (Fsp3) is 0.500. The molecule has 0 aliphatic carbocycles. The molecule has 0 saturated heterocycles. The van der Waals surface area contributed by atoms with Crippen LogP contribution in [0.1, 0.15) is 19.4 Å². The van der Waals surface area contributed by atoms with Gasteiger partial charge < -0.3 is 10.6 Å². The topological polar surface area (TPSA) is 46.3 Å². The van der Waals surface area contributed by atoms with Gasteiger partial charge in [-0.3, -0.25) is 4.79 Å². The Bertz CT molecular complexity index is 376. The minimum atomic E-state index is 0.0158. The van der Waals surface area contributed by atoms with Crippen molar-refractivity contribution in [3.8, 4) is 0 Å². The Kier molecular flexibility index (Phi) is 6.22. The second kappa shape index (κ2) is 7.44. The first kappa shape index (κ1) is 15.1. The maximum atomic E-state index is 12.0. The van der Waals surface area contributed by atoms with Gasteiger partial charge in [0.25, 0.3) is 0 Å². The van der Waals surface area contributed by atoms with Crippen molar-refractivity contribution in [3.63, 3.8) is 0 Å². The summed E-state index contributed by atoms with van der Waals surface area (Å²) in [7, 11) is 0. The van der Waals surface area contributed by atoms with Crippen LogP contribution < -0.4 is 5.73 Å². The molecule has 3 nitrogen and oxygen atoms in total. The van der Waals surface area contributed by atoms with Gasteiger partial charge in [0.1, 0.15) is 0 Å². The third-order valence-electron chi connectivity index (χ3n) is 2.74. The number of hydrogen-bond acceptors (Lipinski definition) is 3. The van der Waals surface area contributed by atoms with Crippen molar-refractivity contribution in [3.05, 3.63) is 29.8 Å². The van der Waals surface area contributed by atoms with Gasteiger partial charge in [-0.05, 0) is 24.0 Å². The number of nitrogens with zero attached hydrogens (tertiary/aromatic N) is 1. The average molecular weight is 266 g/mol. The van der Waals surface area contributed by atoms with E-state index in [9.17, 15) is 4.79 Å². The van der Waals surface area contributed by atoms with Gasteiger partial charge in [0.2, 0.25) is 5.91 Å². The molecule has 100 valence electrons. The average Bonchev–Trinajstić information content (AvgIpc) is 2.38. The minimum absolute atomic E-state index is 0.0158. The molecule has 0 spiro atoms. The molecule has 0 aliphatic heterocycles. The van der Waals surface area contributed by atoms with Crippen molar-refractivity contribution in [2.45, 2.75) is 25.3 Å². The van der Waals surface area contributed by atoms with Crippen LogP contribution in [0.15, 0.2) is 29.2 Å². The van der Waals surface area contributed by atoms with Crippen molar-refractivity contribution < 1.29 is 4.79 Å². The van der Waals surface area contributed by atoms with E-state index in [0.717, 1.165) is 5.56 Å².